The predicted octanol–water partition coefficient (Wildman–Crippen LogP) is 3.43. The first-order valence-electron chi connectivity index (χ1n) is 6.58. The zero-order valence-electron chi connectivity index (χ0n) is 12.2. The van der Waals surface area contributed by atoms with Gasteiger partial charge in [0, 0.05) is 13.1 Å². The zero-order valence-corrected chi connectivity index (χ0v) is 13.0. The summed E-state index contributed by atoms with van der Waals surface area (Å²) in [5, 5.41) is 9.66. The molecule has 0 aliphatic carbocycles. The number of hydrogen-bond acceptors (Lipinski definition) is 3. The molecule has 0 amide bonds. The van der Waals surface area contributed by atoms with Crippen molar-refractivity contribution in [3.8, 4) is 0 Å². The van der Waals surface area contributed by atoms with Crippen molar-refractivity contribution in [2.75, 3.05) is 18.0 Å². The summed E-state index contributed by atoms with van der Waals surface area (Å²) in [4.78, 5) is 13.5. The van der Waals surface area contributed by atoms with Gasteiger partial charge in [0.15, 0.2) is 0 Å². The van der Waals surface area contributed by atoms with Crippen LogP contribution in [0.15, 0.2) is 18.2 Å². The van der Waals surface area contributed by atoms with Crippen molar-refractivity contribution >= 4 is 23.3 Å². The highest BCUT2D eigenvalue weighted by atomic mass is 35.5. The van der Waals surface area contributed by atoms with E-state index in [0.717, 1.165) is 0 Å². The summed E-state index contributed by atoms with van der Waals surface area (Å²) in [6.07, 6.45) is 0. The van der Waals surface area contributed by atoms with Crippen LogP contribution in [-0.2, 0) is 4.74 Å². The first-order valence-corrected chi connectivity index (χ1v) is 6.96. The Morgan fingerprint density at radius 1 is 1.25 bits per heavy atom. The molecule has 2 rings (SSSR count). The Bertz CT molecular complexity index is 524. The summed E-state index contributed by atoms with van der Waals surface area (Å²) in [7, 11) is 0. The fourth-order valence-corrected chi connectivity index (χ4v) is 3.20. The molecule has 1 aliphatic heterocycles. The summed E-state index contributed by atoms with van der Waals surface area (Å²) in [5.74, 6) is -1.01. The maximum atomic E-state index is 11.5. The maximum Gasteiger partial charge on any atom is 0.339 e. The lowest BCUT2D eigenvalue weighted by molar-refractivity contribution is -0.133. The molecule has 4 nitrogen and oxygen atoms in total. The molecule has 0 radical (unpaired) electrons. The van der Waals surface area contributed by atoms with Crippen molar-refractivity contribution in [3.63, 3.8) is 0 Å². The third kappa shape index (κ3) is 3.07. The highest BCUT2D eigenvalue weighted by molar-refractivity contribution is 6.34. The molecule has 1 fully saturated rings. The van der Waals surface area contributed by atoms with Gasteiger partial charge in [-0.3, -0.25) is 0 Å². The van der Waals surface area contributed by atoms with E-state index in [2.05, 4.69) is 0 Å². The summed E-state index contributed by atoms with van der Waals surface area (Å²) < 4.78 is 6.02. The lowest BCUT2D eigenvalue weighted by atomic mass is 9.97. The molecule has 0 bridgehead atoms. The van der Waals surface area contributed by atoms with E-state index in [-0.39, 0.29) is 21.8 Å². The molecule has 0 saturated carbocycles. The molecule has 0 aromatic heterocycles. The number of anilines is 1. The van der Waals surface area contributed by atoms with Gasteiger partial charge in [-0.15, -0.1) is 0 Å². The number of carbonyl (C=O) groups is 1. The summed E-state index contributed by atoms with van der Waals surface area (Å²) in [5.41, 5.74) is 0.108. The molecule has 110 valence electrons. The molecule has 1 aliphatic rings. The lowest BCUT2D eigenvalue weighted by Gasteiger charge is -2.48. The van der Waals surface area contributed by atoms with Gasteiger partial charge in [-0.05, 0) is 39.8 Å². The fourth-order valence-electron chi connectivity index (χ4n) is 2.95. The Balaban J connectivity index is 2.46. The first kappa shape index (κ1) is 15.1. The number of benzene rings is 1. The minimum Gasteiger partial charge on any atom is -0.478 e. The van der Waals surface area contributed by atoms with Crippen LogP contribution in [-0.4, -0.2) is 35.4 Å². The van der Waals surface area contributed by atoms with Gasteiger partial charge in [0.2, 0.25) is 0 Å². The molecule has 1 aromatic rings. The molecule has 20 heavy (non-hydrogen) atoms. The van der Waals surface area contributed by atoms with Crippen LogP contribution in [0.5, 0.6) is 0 Å². The Labute approximate surface area is 124 Å². The second-order valence-electron chi connectivity index (χ2n) is 6.42. The van der Waals surface area contributed by atoms with Crippen LogP contribution in [0.2, 0.25) is 5.02 Å². The van der Waals surface area contributed by atoms with E-state index in [1.807, 2.05) is 32.6 Å². The Morgan fingerprint density at radius 3 is 2.30 bits per heavy atom. The summed E-state index contributed by atoms with van der Waals surface area (Å²) in [6, 6.07) is 5.18. The molecule has 1 saturated heterocycles. The normalized spacial score (nSPS) is 20.8. The average Bonchev–Trinajstić information content (AvgIpc) is 2.23. The summed E-state index contributed by atoms with van der Waals surface area (Å²) in [6.45, 7) is 9.27. The molecule has 1 heterocycles. The van der Waals surface area contributed by atoms with Gasteiger partial charge < -0.3 is 14.7 Å². The Hall–Kier alpha value is -1.26. The molecule has 1 aromatic carbocycles. The van der Waals surface area contributed by atoms with E-state index < -0.39 is 5.97 Å². The number of hydrogen-bond donors (Lipinski definition) is 1. The number of halogens is 1. The molecule has 0 spiro atoms. The number of carboxylic acids is 1. The predicted molar refractivity (Wildman–Crippen MR) is 79.9 cm³/mol. The van der Waals surface area contributed by atoms with Gasteiger partial charge in [-0.2, -0.15) is 0 Å². The molecule has 1 N–H and O–H groups in total. The van der Waals surface area contributed by atoms with Crippen molar-refractivity contribution in [1.82, 2.24) is 0 Å². The number of rotatable bonds is 2. The van der Waals surface area contributed by atoms with Crippen LogP contribution >= 0.6 is 11.6 Å². The number of ether oxygens (including phenoxy) is 1. The smallest absolute Gasteiger partial charge is 0.339 e. The molecule has 5 heteroatoms. The van der Waals surface area contributed by atoms with E-state index in [0.29, 0.717) is 18.8 Å². The highest BCUT2D eigenvalue weighted by Crippen LogP contribution is 2.35. The SMILES string of the molecule is CC1(C)CN(c2cccc(Cl)c2C(=O)O)CC(C)(C)O1. The third-order valence-electron chi connectivity index (χ3n) is 3.24. The monoisotopic (exact) mass is 297 g/mol. The largest absolute Gasteiger partial charge is 0.478 e. The van der Waals surface area contributed by atoms with Gasteiger partial charge in [0.25, 0.3) is 0 Å². The zero-order chi connectivity index (χ0) is 15.1. The van der Waals surface area contributed by atoms with Crippen molar-refractivity contribution < 1.29 is 14.6 Å². The Morgan fingerprint density at radius 2 is 1.80 bits per heavy atom. The van der Waals surface area contributed by atoms with Crippen LogP contribution in [0.3, 0.4) is 0 Å². The van der Waals surface area contributed by atoms with Crippen molar-refractivity contribution in [2.24, 2.45) is 0 Å². The van der Waals surface area contributed by atoms with Crippen LogP contribution < -0.4 is 4.90 Å². The topological polar surface area (TPSA) is 49.8 Å². The van der Waals surface area contributed by atoms with Crippen molar-refractivity contribution in [2.45, 2.75) is 38.9 Å². The fraction of sp³-hybridized carbons (Fsp3) is 0.533. The lowest BCUT2D eigenvalue weighted by Crippen LogP contribution is -2.57. The standard InChI is InChI=1S/C15H20ClNO3/c1-14(2)8-17(9-15(3,4)20-14)11-7-5-6-10(16)12(11)13(18)19/h5-7H,8-9H2,1-4H3,(H,18,19). The van der Waals surface area contributed by atoms with E-state index >= 15 is 0 Å². The summed E-state index contributed by atoms with van der Waals surface area (Å²) >= 11 is 6.05. The van der Waals surface area contributed by atoms with E-state index in [4.69, 9.17) is 16.3 Å². The number of nitrogens with zero attached hydrogens (tertiary/aromatic N) is 1. The van der Waals surface area contributed by atoms with Gasteiger partial charge in [0.1, 0.15) is 5.56 Å². The number of carboxylic acid groups (broad SMARTS) is 1. The maximum absolute atomic E-state index is 11.5. The van der Waals surface area contributed by atoms with Gasteiger partial charge in [-0.1, -0.05) is 17.7 Å². The van der Waals surface area contributed by atoms with E-state index in [9.17, 15) is 9.90 Å². The van der Waals surface area contributed by atoms with Gasteiger partial charge in [0.05, 0.1) is 21.9 Å². The van der Waals surface area contributed by atoms with Crippen LogP contribution in [0, 0.1) is 0 Å². The number of morpholine rings is 1. The quantitative estimate of drug-likeness (QED) is 0.908. The molecular weight excluding hydrogens is 278 g/mol. The minimum absolute atomic E-state index is 0.155. The van der Waals surface area contributed by atoms with Gasteiger partial charge >= 0.3 is 5.97 Å². The minimum atomic E-state index is -1.01. The van der Waals surface area contributed by atoms with Gasteiger partial charge in [-0.25, -0.2) is 4.79 Å². The van der Waals surface area contributed by atoms with Crippen molar-refractivity contribution in [1.29, 1.82) is 0 Å². The third-order valence-corrected chi connectivity index (χ3v) is 3.56. The van der Waals surface area contributed by atoms with Crippen LogP contribution in [0.1, 0.15) is 38.1 Å². The second kappa shape index (κ2) is 4.93. The highest BCUT2D eigenvalue weighted by Gasteiger charge is 2.39. The molecule has 0 unspecified atom stereocenters. The van der Waals surface area contributed by atoms with Crippen LogP contribution in [0.4, 0.5) is 5.69 Å². The molecular formula is C15H20ClNO3. The second-order valence-corrected chi connectivity index (χ2v) is 6.82. The molecule has 0 atom stereocenters. The van der Waals surface area contributed by atoms with Crippen LogP contribution in [0.25, 0.3) is 0 Å². The Kier molecular flexibility index (Phi) is 3.73. The van der Waals surface area contributed by atoms with E-state index in [1.165, 1.54) is 0 Å². The van der Waals surface area contributed by atoms with Crippen molar-refractivity contribution in [3.05, 3.63) is 28.8 Å². The van der Waals surface area contributed by atoms with E-state index in [1.54, 1.807) is 18.2 Å². The number of aromatic carboxylic acids is 1. The first-order chi connectivity index (χ1) is 9.11. The average molecular weight is 298 g/mol.